The second kappa shape index (κ2) is 7.47. The van der Waals surface area contributed by atoms with E-state index in [4.69, 9.17) is 4.74 Å². The minimum absolute atomic E-state index is 0.0228. The van der Waals surface area contributed by atoms with Crippen molar-refractivity contribution in [2.75, 3.05) is 25.2 Å². The molecular weight excluding hydrogens is 351 g/mol. The Hall–Kier alpha value is -2.68. The molecule has 134 valence electrons. The Kier molecular flexibility index (Phi) is 5.58. The molecule has 0 amide bonds. The van der Waals surface area contributed by atoms with Gasteiger partial charge in [0.2, 0.25) is 5.82 Å². The van der Waals surface area contributed by atoms with Crippen molar-refractivity contribution in [1.82, 2.24) is 0 Å². The highest BCUT2D eigenvalue weighted by Crippen LogP contribution is 2.32. The Balaban J connectivity index is 2.11. The number of benzene rings is 2. The third kappa shape index (κ3) is 4.66. The van der Waals surface area contributed by atoms with Gasteiger partial charge in [0, 0.05) is 24.9 Å². The van der Waals surface area contributed by atoms with Crippen LogP contribution in [-0.2, 0) is 16.3 Å². The molecule has 0 aliphatic carbocycles. The molecule has 1 N–H and O–H groups in total. The summed E-state index contributed by atoms with van der Waals surface area (Å²) in [5, 5.41) is 13.9. The summed E-state index contributed by atoms with van der Waals surface area (Å²) in [6.07, 6.45) is 1.60. The first-order chi connectivity index (χ1) is 11.7. The number of nitrogens with one attached hydrogen (secondary N) is 1. The van der Waals surface area contributed by atoms with Crippen LogP contribution in [0.4, 0.5) is 15.8 Å². The molecule has 7 nitrogen and oxygen atoms in total. The van der Waals surface area contributed by atoms with E-state index in [-0.39, 0.29) is 16.3 Å². The summed E-state index contributed by atoms with van der Waals surface area (Å²) in [7, 11) is -1.92. The van der Waals surface area contributed by atoms with Crippen molar-refractivity contribution >= 4 is 21.2 Å². The van der Waals surface area contributed by atoms with Gasteiger partial charge in [0.05, 0.1) is 16.9 Å². The lowest BCUT2D eigenvalue weighted by Crippen LogP contribution is -2.08. The van der Waals surface area contributed by atoms with Crippen LogP contribution in [0.5, 0.6) is 5.75 Å². The molecule has 0 saturated carbocycles. The first kappa shape index (κ1) is 18.7. The smallest absolute Gasteiger partial charge is 0.327 e. The molecule has 0 saturated heterocycles. The molecule has 0 unspecified atom stereocenters. The van der Waals surface area contributed by atoms with Crippen molar-refractivity contribution in [3.63, 3.8) is 0 Å². The van der Waals surface area contributed by atoms with Crippen LogP contribution in [0.25, 0.3) is 0 Å². The van der Waals surface area contributed by atoms with Gasteiger partial charge in [-0.3, -0.25) is 10.1 Å². The Morgan fingerprint density at radius 2 is 1.88 bits per heavy atom. The molecule has 0 radical (unpaired) electrons. The monoisotopic (exact) mass is 368 g/mol. The minimum Gasteiger partial charge on any atom is -0.497 e. The van der Waals surface area contributed by atoms with Crippen LogP contribution >= 0.6 is 0 Å². The van der Waals surface area contributed by atoms with Crippen molar-refractivity contribution in [3.05, 3.63) is 57.9 Å². The SMILES string of the molecule is COc1cc(F)c([N+](=O)[O-])c(NCCc2ccc(S(C)(=O)=O)cc2)c1. The highest BCUT2D eigenvalue weighted by atomic mass is 32.2. The van der Waals surface area contributed by atoms with Crippen LogP contribution in [0.1, 0.15) is 5.56 Å². The van der Waals surface area contributed by atoms with E-state index in [0.717, 1.165) is 17.9 Å². The Morgan fingerprint density at radius 3 is 2.40 bits per heavy atom. The summed E-state index contributed by atoms with van der Waals surface area (Å²) in [5.41, 5.74) is 0.216. The van der Waals surface area contributed by atoms with Gasteiger partial charge in [-0.25, -0.2) is 8.42 Å². The maximum atomic E-state index is 13.8. The normalized spacial score (nSPS) is 11.2. The topological polar surface area (TPSA) is 98.5 Å². The number of hydrogen-bond donors (Lipinski definition) is 1. The lowest BCUT2D eigenvalue weighted by molar-refractivity contribution is -0.386. The number of nitrogens with zero attached hydrogens (tertiary/aromatic N) is 1. The van der Waals surface area contributed by atoms with Crippen LogP contribution < -0.4 is 10.1 Å². The number of halogens is 1. The first-order valence-corrected chi connectivity index (χ1v) is 9.16. The molecule has 0 aromatic heterocycles. The van der Waals surface area contributed by atoms with Crippen molar-refractivity contribution in [2.45, 2.75) is 11.3 Å². The molecule has 0 atom stereocenters. The summed E-state index contributed by atoms with van der Waals surface area (Å²) in [5.74, 6) is -0.813. The lowest BCUT2D eigenvalue weighted by atomic mass is 10.1. The van der Waals surface area contributed by atoms with E-state index in [0.29, 0.717) is 13.0 Å². The second-order valence-corrected chi connectivity index (χ2v) is 7.37. The summed E-state index contributed by atoms with van der Waals surface area (Å²) < 4.78 is 41.6. The molecule has 0 spiro atoms. The Morgan fingerprint density at radius 1 is 1.24 bits per heavy atom. The van der Waals surface area contributed by atoms with Crippen LogP contribution in [0.3, 0.4) is 0 Å². The Bertz CT molecular complexity index is 882. The zero-order valence-corrected chi connectivity index (χ0v) is 14.5. The molecule has 0 heterocycles. The predicted octanol–water partition coefficient (Wildman–Crippen LogP) is 2.80. The zero-order chi connectivity index (χ0) is 18.6. The molecule has 0 fully saturated rings. The van der Waals surface area contributed by atoms with E-state index in [2.05, 4.69) is 5.32 Å². The average molecular weight is 368 g/mol. The van der Waals surface area contributed by atoms with E-state index in [1.54, 1.807) is 12.1 Å². The summed E-state index contributed by atoms with van der Waals surface area (Å²) in [4.78, 5) is 10.5. The average Bonchev–Trinajstić information content (AvgIpc) is 2.53. The van der Waals surface area contributed by atoms with E-state index in [1.807, 2.05) is 0 Å². The third-order valence-electron chi connectivity index (χ3n) is 3.54. The van der Waals surface area contributed by atoms with Gasteiger partial charge in [0.25, 0.3) is 0 Å². The summed E-state index contributed by atoms with van der Waals surface area (Å²) in [6, 6.07) is 8.63. The van der Waals surface area contributed by atoms with Crippen LogP contribution in [-0.4, -0.2) is 33.3 Å². The van der Waals surface area contributed by atoms with Gasteiger partial charge in [0.1, 0.15) is 11.4 Å². The number of methoxy groups -OCH3 is 1. The predicted molar refractivity (Wildman–Crippen MR) is 91.4 cm³/mol. The zero-order valence-electron chi connectivity index (χ0n) is 13.7. The van der Waals surface area contributed by atoms with Crippen LogP contribution in [0.15, 0.2) is 41.3 Å². The number of hydrogen-bond acceptors (Lipinski definition) is 6. The summed E-state index contributed by atoms with van der Waals surface area (Å²) >= 11 is 0. The lowest BCUT2D eigenvalue weighted by Gasteiger charge is -2.10. The quantitative estimate of drug-likeness (QED) is 0.596. The van der Waals surface area contributed by atoms with E-state index >= 15 is 0 Å². The molecule has 0 aliphatic rings. The van der Waals surface area contributed by atoms with Gasteiger partial charge >= 0.3 is 5.69 Å². The highest BCUT2D eigenvalue weighted by molar-refractivity contribution is 7.90. The molecule has 2 aromatic carbocycles. The third-order valence-corrected chi connectivity index (χ3v) is 4.66. The van der Waals surface area contributed by atoms with Gasteiger partial charge < -0.3 is 10.1 Å². The van der Waals surface area contributed by atoms with Gasteiger partial charge in [-0.05, 0) is 24.1 Å². The molecule has 0 bridgehead atoms. The number of sulfone groups is 1. The number of nitro benzene ring substituents is 1. The maximum absolute atomic E-state index is 13.8. The van der Waals surface area contributed by atoms with Crippen molar-refractivity contribution in [1.29, 1.82) is 0 Å². The van der Waals surface area contributed by atoms with Gasteiger partial charge in [-0.1, -0.05) is 12.1 Å². The van der Waals surface area contributed by atoms with Crippen molar-refractivity contribution in [3.8, 4) is 5.75 Å². The van der Waals surface area contributed by atoms with Crippen molar-refractivity contribution < 1.29 is 22.5 Å². The van der Waals surface area contributed by atoms with Gasteiger partial charge in [-0.15, -0.1) is 0 Å². The van der Waals surface area contributed by atoms with Crippen LogP contribution in [0, 0.1) is 15.9 Å². The summed E-state index contributed by atoms with van der Waals surface area (Å²) in [6.45, 7) is 0.297. The van der Waals surface area contributed by atoms with E-state index in [1.165, 1.54) is 25.3 Å². The fraction of sp³-hybridized carbons (Fsp3) is 0.250. The minimum atomic E-state index is -3.26. The van der Waals surface area contributed by atoms with E-state index < -0.39 is 26.3 Å². The standard InChI is InChI=1S/C16H17FN2O5S/c1-24-12-9-14(17)16(19(20)21)15(10-12)18-8-7-11-3-5-13(6-4-11)25(2,22)23/h3-6,9-10,18H,7-8H2,1-2H3. The fourth-order valence-corrected chi connectivity index (χ4v) is 2.89. The fourth-order valence-electron chi connectivity index (χ4n) is 2.26. The molecule has 0 aliphatic heterocycles. The first-order valence-electron chi connectivity index (χ1n) is 7.27. The van der Waals surface area contributed by atoms with Gasteiger partial charge in [-0.2, -0.15) is 4.39 Å². The van der Waals surface area contributed by atoms with Crippen molar-refractivity contribution in [2.24, 2.45) is 0 Å². The maximum Gasteiger partial charge on any atom is 0.327 e. The highest BCUT2D eigenvalue weighted by Gasteiger charge is 2.22. The van der Waals surface area contributed by atoms with Gasteiger partial charge in [0.15, 0.2) is 9.84 Å². The number of anilines is 1. The molecular formula is C16H17FN2O5S. The second-order valence-electron chi connectivity index (χ2n) is 5.36. The van der Waals surface area contributed by atoms with Crippen LogP contribution in [0.2, 0.25) is 0 Å². The number of ether oxygens (including phenoxy) is 1. The molecule has 25 heavy (non-hydrogen) atoms. The number of nitro groups is 1. The molecule has 9 heteroatoms. The number of rotatable bonds is 7. The largest absolute Gasteiger partial charge is 0.497 e. The Labute approximate surface area is 144 Å². The molecule has 2 aromatic rings. The molecule has 2 rings (SSSR count). The van der Waals surface area contributed by atoms with E-state index in [9.17, 15) is 22.9 Å².